The zero-order valence-corrected chi connectivity index (χ0v) is 9.35. The molecule has 1 aliphatic rings. The third-order valence-electron chi connectivity index (χ3n) is 2.87. The van der Waals surface area contributed by atoms with Crippen LogP contribution in [0.4, 0.5) is 5.82 Å². The van der Waals surface area contributed by atoms with Crippen LogP contribution in [0.2, 0.25) is 0 Å². The van der Waals surface area contributed by atoms with Gasteiger partial charge in [0, 0.05) is 6.20 Å². The monoisotopic (exact) mass is 241 g/mol. The highest BCUT2D eigenvalue weighted by molar-refractivity contribution is 5.23. The summed E-state index contributed by atoms with van der Waals surface area (Å²) >= 11 is 0. The van der Waals surface area contributed by atoms with Crippen LogP contribution in [0.15, 0.2) is 17.1 Å². The zero-order chi connectivity index (χ0) is 12.6. The molecular formula is C10H15N3O4. The van der Waals surface area contributed by atoms with Crippen LogP contribution in [-0.4, -0.2) is 38.1 Å². The highest BCUT2D eigenvalue weighted by Crippen LogP contribution is 2.29. The van der Waals surface area contributed by atoms with Gasteiger partial charge in [-0.15, -0.1) is 0 Å². The van der Waals surface area contributed by atoms with Gasteiger partial charge in [-0.25, -0.2) is 4.79 Å². The minimum atomic E-state index is -1.15. The van der Waals surface area contributed by atoms with E-state index in [2.05, 4.69) is 4.98 Å². The predicted octanol–water partition coefficient (Wildman–Crippen LogP) is -1.15. The number of aliphatic hydroxyl groups is 2. The Morgan fingerprint density at radius 2 is 2.24 bits per heavy atom. The third kappa shape index (κ3) is 2.04. The van der Waals surface area contributed by atoms with Crippen molar-refractivity contribution >= 4 is 5.82 Å². The Labute approximate surface area is 97.5 Å². The number of rotatable bonds is 2. The highest BCUT2D eigenvalue weighted by Gasteiger charge is 2.43. The minimum absolute atomic E-state index is 0.103. The van der Waals surface area contributed by atoms with Gasteiger partial charge in [0.1, 0.15) is 18.0 Å². The maximum Gasteiger partial charge on any atom is 0.351 e. The second-order valence-corrected chi connectivity index (χ2v) is 4.00. The van der Waals surface area contributed by atoms with Crippen LogP contribution in [0.25, 0.3) is 0 Å². The number of ether oxygens (including phenoxy) is 1. The standard InChI is InChI=1S/C10H15N3O4/c1-2-5-7(14)8(15)9(17-5)13-4-3-6(11)12-10(13)16/h3-5,7-9,14-15H,2H2,1H3,(H2,11,12,16)/t5-,7-,8+,9-/m1/s1. The molecule has 4 atom stereocenters. The average molecular weight is 241 g/mol. The van der Waals surface area contributed by atoms with E-state index in [4.69, 9.17) is 10.5 Å². The highest BCUT2D eigenvalue weighted by atomic mass is 16.6. The normalized spacial score (nSPS) is 32.9. The molecule has 1 saturated heterocycles. The number of nitrogens with two attached hydrogens (primary N) is 1. The molecule has 17 heavy (non-hydrogen) atoms. The number of aromatic nitrogens is 2. The first-order valence-corrected chi connectivity index (χ1v) is 5.41. The molecule has 7 nitrogen and oxygen atoms in total. The second kappa shape index (κ2) is 4.44. The molecule has 0 unspecified atom stereocenters. The molecule has 1 aromatic heterocycles. The van der Waals surface area contributed by atoms with Crippen molar-refractivity contribution in [2.75, 3.05) is 5.73 Å². The summed E-state index contributed by atoms with van der Waals surface area (Å²) in [6, 6.07) is 1.43. The molecule has 0 saturated carbocycles. The van der Waals surface area contributed by atoms with E-state index < -0.39 is 30.2 Å². The fraction of sp³-hybridized carbons (Fsp3) is 0.600. The van der Waals surface area contributed by atoms with Crippen molar-refractivity contribution in [1.29, 1.82) is 0 Å². The molecule has 0 radical (unpaired) electrons. The van der Waals surface area contributed by atoms with Gasteiger partial charge < -0.3 is 20.7 Å². The van der Waals surface area contributed by atoms with Gasteiger partial charge in [0.2, 0.25) is 0 Å². The summed E-state index contributed by atoms with van der Waals surface area (Å²) in [5.41, 5.74) is 4.75. The molecule has 0 spiro atoms. The van der Waals surface area contributed by atoms with Crippen molar-refractivity contribution in [2.45, 2.75) is 37.9 Å². The number of nitrogen functional groups attached to an aromatic ring is 1. The topological polar surface area (TPSA) is 111 Å². The van der Waals surface area contributed by atoms with Gasteiger partial charge in [0.05, 0.1) is 6.10 Å². The van der Waals surface area contributed by atoms with Gasteiger partial charge in [-0.3, -0.25) is 4.57 Å². The van der Waals surface area contributed by atoms with E-state index in [1.165, 1.54) is 12.3 Å². The molecule has 4 N–H and O–H groups in total. The van der Waals surface area contributed by atoms with Gasteiger partial charge in [0.15, 0.2) is 6.23 Å². The van der Waals surface area contributed by atoms with Crippen LogP contribution in [0.5, 0.6) is 0 Å². The van der Waals surface area contributed by atoms with Crippen molar-refractivity contribution in [2.24, 2.45) is 0 Å². The lowest BCUT2D eigenvalue weighted by Crippen LogP contribution is -2.35. The van der Waals surface area contributed by atoms with Crippen molar-refractivity contribution in [3.63, 3.8) is 0 Å². The van der Waals surface area contributed by atoms with Crippen LogP contribution in [0.1, 0.15) is 19.6 Å². The molecular weight excluding hydrogens is 226 g/mol. The van der Waals surface area contributed by atoms with E-state index in [0.29, 0.717) is 6.42 Å². The third-order valence-corrected chi connectivity index (χ3v) is 2.87. The maximum atomic E-state index is 11.6. The fourth-order valence-electron chi connectivity index (χ4n) is 1.92. The summed E-state index contributed by atoms with van der Waals surface area (Å²) in [5.74, 6) is 0.103. The quantitative estimate of drug-likeness (QED) is 0.603. The molecule has 2 heterocycles. The number of aliphatic hydroxyl groups excluding tert-OH is 2. The van der Waals surface area contributed by atoms with Gasteiger partial charge in [-0.2, -0.15) is 4.98 Å². The Morgan fingerprint density at radius 3 is 2.76 bits per heavy atom. The van der Waals surface area contributed by atoms with Gasteiger partial charge in [-0.1, -0.05) is 6.92 Å². The Balaban J connectivity index is 2.32. The summed E-state index contributed by atoms with van der Waals surface area (Å²) in [6.45, 7) is 1.83. The first-order chi connectivity index (χ1) is 8.04. The molecule has 1 aliphatic heterocycles. The van der Waals surface area contributed by atoms with Gasteiger partial charge in [-0.05, 0) is 12.5 Å². The predicted molar refractivity (Wildman–Crippen MR) is 59.1 cm³/mol. The Bertz CT molecular complexity index is 461. The smallest absolute Gasteiger partial charge is 0.351 e. The molecule has 2 rings (SSSR count). The molecule has 0 amide bonds. The van der Waals surface area contributed by atoms with Gasteiger partial charge in [0.25, 0.3) is 0 Å². The molecule has 1 fully saturated rings. The van der Waals surface area contributed by atoms with Crippen LogP contribution in [-0.2, 0) is 4.74 Å². The van der Waals surface area contributed by atoms with Crippen LogP contribution in [0.3, 0.4) is 0 Å². The molecule has 94 valence electrons. The van der Waals surface area contributed by atoms with Crippen molar-refractivity contribution in [1.82, 2.24) is 9.55 Å². The summed E-state index contributed by atoms with van der Waals surface area (Å²) in [4.78, 5) is 15.1. The Morgan fingerprint density at radius 1 is 1.53 bits per heavy atom. The zero-order valence-electron chi connectivity index (χ0n) is 9.35. The molecule has 0 aromatic carbocycles. The van der Waals surface area contributed by atoms with Crippen molar-refractivity contribution in [3.05, 3.63) is 22.7 Å². The average Bonchev–Trinajstić information content (AvgIpc) is 2.57. The number of nitrogens with zero attached hydrogens (tertiary/aromatic N) is 2. The molecule has 0 bridgehead atoms. The number of hydrogen-bond acceptors (Lipinski definition) is 6. The lowest BCUT2D eigenvalue weighted by molar-refractivity contribution is -0.0403. The van der Waals surface area contributed by atoms with Crippen LogP contribution < -0.4 is 11.4 Å². The molecule has 7 heteroatoms. The Hall–Kier alpha value is -1.44. The van der Waals surface area contributed by atoms with E-state index in [9.17, 15) is 15.0 Å². The van der Waals surface area contributed by atoms with Crippen molar-refractivity contribution < 1.29 is 14.9 Å². The van der Waals surface area contributed by atoms with E-state index in [-0.39, 0.29) is 5.82 Å². The van der Waals surface area contributed by atoms with E-state index in [0.717, 1.165) is 4.57 Å². The van der Waals surface area contributed by atoms with E-state index in [1.54, 1.807) is 0 Å². The largest absolute Gasteiger partial charge is 0.388 e. The van der Waals surface area contributed by atoms with Crippen molar-refractivity contribution in [3.8, 4) is 0 Å². The second-order valence-electron chi connectivity index (χ2n) is 4.00. The van der Waals surface area contributed by atoms with Gasteiger partial charge >= 0.3 is 5.69 Å². The lowest BCUT2D eigenvalue weighted by atomic mass is 10.1. The minimum Gasteiger partial charge on any atom is -0.388 e. The summed E-state index contributed by atoms with van der Waals surface area (Å²) < 4.78 is 6.55. The van der Waals surface area contributed by atoms with E-state index in [1.807, 2.05) is 6.92 Å². The molecule has 1 aromatic rings. The number of hydrogen-bond donors (Lipinski definition) is 3. The van der Waals surface area contributed by atoms with Crippen LogP contribution >= 0.6 is 0 Å². The first kappa shape index (κ1) is 12.0. The first-order valence-electron chi connectivity index (χ1n) is 5.41. The summed E-state index contributed by atoms with van der Waals surface area (Å²) in [5, 5.41) is 19.5. The SMILES string of the molecule is CC[C@H]1O[C@@H](n2ccc(N)nc2=O)[C@@H](O)[C@@H]1O. The lowest BCUT2D eigenvalue weighted by Gasteiger charge is -2.16. The van der Waals surface area contributed by atoms with Crippen LogP contribution in [0, 0.1) is 0 Å². The van der Waals surface area contributed by atoms with E-state index >= 15 is 0 Å². The fourth-order valence-corrected chi connectivity index (χ4v) is 1.92. The maximum absolute atomic E-state index is 11.6. The summed E-state index contributed by atoms with van der Waals surface area (Å²) in [7, 11) is 0. The number of anilines is 1. The molecule has 0 aliphatic carbocycles. The Kier molecular flexibility index (Phi) is 3.14. The summed E-state index contributed by atoms with van der Waals surface area (Å²) in [6.07, 6.45) is -1.62.